The molecule has 0 radical (unpaired) electrons. The van der Waals surface area contributed by atoms with E-state index in [0.29, 0.717) is 18.0 Å². The normalized spacial score (nSPS) is 9.53. The fourth-order valence-corrected chi connectivity index (χ4v) is 2.14. The van der Waals surface area contributed by atoms with Gasteiger partial charge in [0.1, 0.15) is 6.33 Å². The lowest BCUT2D eigenvalue weighted by Crippen LogP contribution is -2.22. The third-order valence-corrected chi connectivity index (χ3v) is 3.22. The van der Waals surface area contributed by atoms with E-state index in [1.165, 1.54) is 17.7 Å². The Balaban J connectivity index is 1.95. The summed E-state index contributed by atoms with van der Waals surface area (Å²) in [7, 11) is 0. The molecule has 0 aromatic carbocycles. The van der Waals surface area contributed by atoms with Gasteiger partial charge in [-0.15, -0.1) is 11.3 Å². The van der Waals surface area contributed by atoms with Crippen molar-refractivity contribution in [2.24, 2.45) is 5.73 Å². The van der Waals surface area contributed by atoms with Crippen LogP contribution in [0.25, 0.3) is 0 Å². The summed E-state index contributed by atoms with van der Waals surface area (Å²) in [6.07, 6.45) is 3.09. The van der Waals surface area contributed by atoms with E-state index in [4.69, 9.17) is 5.73 Å². The zero-order valence-corrected chi connectivity index (χ0v) is 10.9. The number of aromatic nitrogens is 2. The van der Waals surface area contributed by atoms with E-state index in [0.717, 1.165) is 10.6 Å². The fourth-order valence-electron chi connectivity index (χ4n) is 1.35. The van der Waals surface area contributed by atoms with E-state index < -0.39 is 0 Å². The number of thiophene rings is 1. The van der Waals surface area contributed by atoms with Crippen LogP contribution in [0.2, 0.25) is 0 Å². The summed E-state index contributed by atoms with van der Waals surface area (Å²) in [5.74, 6) is 5.52. The molecular weight excluding hydrogens is 260 g/mol. The van der Waals surface area contributed by atoms with Crippen molar-refractivity contribution in [3.63, 3.8) is 0 Å². The highest BCUT2D eigenvalue weighted by molar-refractivity contribution is 7.14. The average Bonchev–Trinajstić information content (AvgIpc) is 2.92. The maximum absolute atomic E-state index is 11.9. The number of rotatable bonds is 3. The molecule has 0 saturated heterocycles. The SMILES string of the molecule is NCC#Cc1ccc(C(=O)NCc2ccncn2)s1. The number of nitrogens with one attached hydrogen (secondary N) is 1. The van der Waals surface area contributed by atoms with Gasteiger partial charge < -0.3 is 11.1 Å². The van der Waals surface area contributed by atoms with Crippen molar-refractivity contribution in [1.82, 2.24) is 15.3 Å². The molecule has 2 aromatic rings. The van der Waals surface area contributed by atoms with E-state index >= 15 is 0 Å². The Morgan fingerprint density at radius 3 is 3.05 bits per heavy atom. The Hall–Kier alpha value is -2.23. The molecule has 0 aliphatic heterocycles. The highest BCUT2D eigenvalue weighted by Crippen LogP contribution is 2.15. The minimum Gasteiger partial charge on any atom is -0.346 e. The van der Waals surface area contributed by atoms with Gasteiger partial charge in [-0.2, -0.15) is 0 Å². The van der Waals surface area contributed by atoms with Gasteiger partial charge in [-0.25, -0.2) is 9.97 Å². The predicted molar refractivity (Wildman–Crippen MR) is 73.5 cm³/mol. The van der Waals surface area contributed by atoms with Gasteiger partial charge in [0.2, 0.25) is 0 Å². The first-order valence-electron chi connectivity index (χ1n) is 5.61. The van der Waals surface area contributed by atoms with Crippen molar-refractivity contribution in [2.45, 2.75) is 6.54 Å². The van der Waals surface area contributed by atoms with Gasteiger partial charge in [0.15, 0.2) is 0 Å². The quantitative estimate of drug-likeness (QED) is 0.809. The van der Waals surface area contributed by atoms with Crippen molar-refractivity contribution >= 4 is 17.2 Å². The number of nitrogens with zero attached hydrogens (tertiary/aromatic N) is 2. The van der Waals surface area contributed by atoms with Gasteiger partial charge in [0.25, 0.3) is 5.91 Å². The highest BCUT2D eigenvalue weighted by atomic mass is 32.1. The summed E-state index contributed by atoms with van der Waals surface area (Å²) in [5, 5.41) is 2.79. The number of amides is 1. The van der Waals surface area contributed by atoms with Crippen LogP contribution in [-0.2, 0) is 6.54 Å². The second-order valence-electron chi connectivity index (χ2n) is 3.55. The van der Waals surface area contributed by atoms with Crippen LogP contribution in [0.5, 0.6) is 0 Å². The molecule has 1 amide bonds. The Labute approximate surface area is 114 Å². The maximum Gasteiger partial charge on any atom is 0.261 e. The molecule has 96 valence electrons. The predicted octanol–water partition coefficient (Wildman–Crippen LogP) is 0.778. The van der Waals surface area contributed by atoms with Crippen molar-refractivity contribution in [3.8, 4) is 11.8 Å². The zero-order valence-electron chi connectivity index (χ0n) is 10.1. The van der Waals surface area contributed by atoms with Crippen LogP contribution in [0.15, 0.2) is 30.7 Å². The van der Waals surface area contributed by atoms with Crippen LogP contribution < -0.4 is 11.1 Å². The lowest BCUT2D eigenvalue weighted by atomic mass is 10.3. The van der Waals surface area contributed by atoms with E-state index in [-0.39, 0.29) is 5.91 Å². The van der Waals surface area contributed by atoms with Gasteiger partial charge in [-0.05, 0) is 18.2 Å². The molecule has 0 spiro atoms. The first kappa shape index (κ1) is 13.2. The minimum absolute atomic E-state index is 0.135. The van der Waals surface area contributed by atoms with Gasteiger partial charge in [0.05, 0.1) is 28.5 Å². The molecule has 19 heavy (non-hydrogen) atoms. The van der Waals surface area contributed by atoms with Gasteiger partial charge in [0, 0.05) is 6.20 Å². The second-order valence-corrected chi connectivity index (χ2v) is 4.64. The molecule has 2 rings (SSSR count). The number of nitrogens with two attached hydrogens (primary N) is 1. The topological polar surface area (TPSA) is 80.9 Å². The summed E-state index contributed by atoms with van der Waals surface area (Å²) >= 11 is 1.34. The largest absolute Gasteiger partial charge is 0.346 e. The molecule has 3 N–H and O–H groups in total. The maximum atomic E-state index is 11.9. The van der Waals surface area contributed by atoms with Crippen molar-refractivity contribution in [1.29, 1.82) is 0 Å². The summed E-state index contributed by atoms with van der Waals surface area (Å²) in [6.45, 7) is 0.691. The number of hydrogen-bond acceptors (Lipinski definition) is 5. The molecule has 0 atom stereocenters. The molecule has 0 aliphatic carbocycles. The molecule has 0 unspecified atom stereocenters. The van der Waals surface area contributed by atoms with E-state index in [9.17, 15) is 4.79 Å². The van der Waals surface area contributed by atoms with E-state index in [1.54, 1.807) is 18.3 Å². The van der Waals surface area contributed by atoms with Crippen LogP contribution in [0, 0.1) is 11.8 Å². The highest BCUT2D eigenvalue weighted by Gasteiger charge is 2.08. The Morgan fingerprint density at radius 2 is 2.32 bits per heavy atom. The first-order chi connectivity index (χ1) is 9.29. The number of carbonyl (C=O) groups excluding carboxylic acids is 1. The van der Waals surface area contributed by atoms with Crippen molar-refractivity contribution < 1.29 is 4.79 Å². The van der Waals surface area contributed by atoms with Crippen LogP contribution >= 0.6 is 11.3 Å². The number of carbonyl (C=O) groups is 1. The zero-order chi connectivity index (χ0) is 13.5. The first-order valence-corrected chi connectivity index (χ1v) is 6.43. The summed E-state index contributed by atoms with van der Waals surface area (Å²) in [6, 6.07) is 5.32. The molecule has 0 saturated carbocycles. The third-order valence-electron chi connectivity index (χ3n) is 2.22. The van der Waals surface area contributed by atoms with Crippen molar-refractivity contribution in [2.75, 3.05) is 6.54 Å². The minimum atomic E-state index is -0.135. The Morgan fingerprint density at radius 1 is 1.42 bits per heavy atom. The fraction of sp³-hybridized carbons (Fsp3) is 0.154. The average molecular weight is 272 g/mol. The van der Waals surface area contributed by atoms with E-state index in [2.05, 4.69) is 27.1 Å². The van der Waals surface area contributed by atoms with Crippen LogP contribution in [0.4, 0.5) is 0 Å². The van der Waals surface area contributed by atoms with Crippen LogP contribution in [-0.4, -0.2) is 22.4 Å². The standard InChI is InChI=1S/C13H12N4OS/c14-6-1-2-11-3-4-12(19-11)13(18)16-8-10-5-7-15-9-17-10/h3-5,7,9H,6,8,14H2,(H,16,18). The van der Waals surface area contributed by atoms with E-state index in [1.807, 2.05) is 6.07 Å². The van der Waals surface area contributed by atoms with Gasteiger partial charge in [-0.1, -0.05) is 11.8 Å². The summed E-state index contributed by atoms with van der Waals surface area (Å²) < 4.78 is 0. The van der Waals surface area contributed by atoms with Crippen molar-refractivity contribution in [3.05, 3.63) is 46.2 Å². The van der Waals surface area contributed by atoms with Gasteiger partial charge >= 0.3 is 0 Å². The molecule has 5 nitrogen and oxygen atoms in total. The van der Waals surface area contributed by atoms with Crippen LogP contribution in [0.1, 0.15) is 20.2 Å². The lowest BCUT2D eigenvalue weighted by Gasteiger charge is -2.01. The molecule has 6 heteroatoms. The molecule has 0 fully saturated rings. The number of hydrogen-bond donors (Lipinski definition) is 2. The van der Waals surface area contributed by atoms with Crippen LogP contribution in [0.3, 0.4) is 0 Å². The molecule has 2 aromatic heterocycles. The molecule has 2 heterocycles. The smallest absolute Gasteiger partial charge is 0.261 e. The molecule has 0 aliphatic rings. The molecular formula is C13H12N4OS. The second kappa shape index (κ2) is 6.64. The Kier molecular flexibility index (Phi) is 4.61. The lowest BCUT2D eigenvalue weighted by molar-refractivity contribution is 0.0954. The summed E-state index contributed by atoms with van der Waals surface area (Å²) in [4.78, 5) is 21.2. The van der Waals surface area contributed by atoms with Gasteiger partial charge in [-0.3, -0.25) is 4.79 Å². The monoisotopic (exact) mass is 272 g/mol. The Bertz CT molecular complexity index is 612. The third kappa shape index (κ3) is 3.88. The summed E-state index contributed by atoms with van der Waals surface area (Å²) in [5.41, 5.74) is 6.06. The molecule has 0 bridgehead atoms.